The summed E-state index contributed by atoms with van der Waals surface area (Å²) in [7, 11) is 0. The third kappa shape index (κ3) is 3.25. The number of rotatable bonds is 4. The Kier molecular flexibility index (Phi) is 4.02. The summed E-state index contributed by atoms with van der Waals surface area (Å²) >= 11 is 0. The van der Waals surface area contributed by atoms with Crippen LogP contribution in [-0.4, -0.2) is 14.5 Å². The molecule has 0 amide bonds. The molecule has 0 aliphatic rings. The Morgan fingerprint density at radius 3 is 2.38 bits per heavy atom. The van der Waals surface area contributed by atoms with Crippen LogP contribution in [0.1, 0.15) is 30.9 Å². The first-order chi connectivity index (χ1) is 9.88. The van der Waals surface area contributed by atoms with Crippen molar-refractivity contribution in [3.63, 3.8) is 0 Å². The molecule has 1 N–H and O–H groups in total. The Balaban J connectivity index is 2.35. The van der Waals surface area contributed by atoms with Gasteiger partial charge in [-0.15, -0.1) is 0 Å². The minimum Gasteiger partial charge on any atom is -0.289 e. The van der Waals surface area contributed by atoms with Crippen molar-refractivity contribution in [1.29, 1.82) is 0 Å². The Bertz CT molecular complexity index is 772. The third-order valence-corrected chi connectivity index (χ3v) is 3.19. The highest BCUT2D eigenvalue weighted by atomic mass is 16.6. The van der Waals surface area contributed by atoms with E-state index in [1.165, 1.54) is 5.56 Å². The fourth-order valence-electron chi connectivity index (χ4n) is 1.95. The third-order valence-electron chi connectivity index (χ3n) is 3.19. The van der Waals surface area contributed by atoms with Gasteiger partial charge < -0.3 is 0 Å². The molecule has 21 heavy (non-hydrogen) atoms. The van der Waals surface area contributed by atoms with Gasteiger partial charge in [-0.2, -0.15) is 0 Å². The van der Waals surface area contributed by atoms with Gasteiger partial charge in [0.1, 0.15) is 0 Å². The largest absolute Gasteiger partial charge is 0.350 e. The van der Waals surface area contributed by atoms with Crippen LogP contribution in [0.5, 0.6) is 0 Å². The molecule has 0 spiro atoms. The van der Waals surface area contributed by atoms with Crippen molar-refractivity contribution in [2.24, 2.45) is 0 Å². The van der Waals surface area contributed by atoms with Crippen LogP contribution >= 0.6 is 0 Å². The lowest BCUT2D eigenvalue weighted by Crippen LogP contribution is -2.31. The van der Waals surface area contributed by atoms with Gasteiger partial charge in [0.2, 0.25) is 0 Å². The number of nitro groups is 1. The number of nitrogens with zero attached hydrogens (tertiary/aromatic N) is 2. The summed E-state index contributed by atoms with van der Waals surface area (Å²) in [6.45, 7) is 4.31. The number of H-pyrrole nitrogens is 1. The molecule has 0 aliphatic heterocycles. The molecule has 110 valence electrons. The predicted octanol–water partition coefficient (Wildman–Crippen LogP) is 1.62. The fraction of sp³-hybridized carbons (Fsp3) is 0.286. The highest BCUT2D eigenvalue weighted by Crippen LogP contribution is 2.15. The molecule has 2 aromatic rings. The van der Waals surface area contributed by atoms with E-state index in [9.17, 15) is 19.7 Å². The van der Waals surface area contributed by atoms with E-state index in [-0.39, 0.29) is 6.54 Å². The number of hydrogen-bond donors (Lipinski definition) is 1. The lowest BCUT2D eigenvalue weighted by atomic mass is 10.0. The number of aromatic amines is 1. The van der Waals surface area contributed by atoms with Gasteiger partial charge in [-0.1, -0.05) is 38.1 Å². The lowest BCUT2D eigenvalue weighted by molar-refractivity contribution is -0.386. The average molecular weight is 289 g/mol. The SMILES string of the molecule is CC(C)c1ccc(Cn2cc([N+](=O)[O-])c(=O)[nH]c2=O)cc1. The van der Waals surface area contributed by atoms with Crippen molar-refractivity contribution in [3.8, 4) is 0 Å². The topological polar surface area (TPSA) is 98.0 Å². The highest BCUT2D eigenvalue weighted by molar-refractivity contribution is 5.26. The zero-order valence-corrected chi connectivity index (χ0v) is 11.7. The summed E-state index contributed by atoms with van der Waals surface area (Å²) in [6, 6.07) is 7.62. The van der Waals surface area contributed by atoms with E-state index in [0.717, 1.165) is 16.3 Å². The van der Waals surface area contributed by atoms with E-state index in [0.29, 0.717) is 5.92 Å². The molecular formula is C14H15N3O4. The maximum Gasteiger partial charge on any atom is 0.350 e. The fourth-order valence-corrected chi connectivity index (χ4v) is 1.95. The van der Waals surface area contributed by atoms with Crippen LogP contribution in [-0.2, 0) is 6.54 Å². The zero-order valence-electron chi connectivity index (χ0n) is 11.7. The van der Waals surface area contributed by atoms with E-state index >= 15 is 0 Å². The van der Waals surface area contributed by atoms with Gasteiger partial charge in [0.05, 0.1) is 17.7 Å². The Morgan fingerprint density at radius 1 is 1.24 bits per heavy atom. The van der Waals surface area contributed by atoms with Crippen molar-refractivity contribution < 1.29 is 4.92 Å². The molecule has 0 fully saturated rings. The smallest absolute Gasteiger partial charge is 0.289 e. The first-order valence-electron chi connectivity index (χ1n) is 6.45. The summed E-state index contributed by atoms with van der Waals surface area (Å²) in [6.07, 6.45) is 0.970. The van der Waals surface area contributed by atoms with Crippen LogP contribution in [0.2, 0.25) is 0 Å². The molecular weight excluding hydrogens is 274 g/mol. The highest BCUT2D eigenvalue weighted by Gasteiger charge is 2.14. The van der Waals surface area contributed by atoms with Gasteiger partial charge in [-0.25, -0.2) is 4.79 Å². The van der Waals surface area contributed by atoms with E-state index in [1.807, 2.05) is 29.2 Å². The van der Waals surface area contributed by atoms with Crippen LogP contribution in [0.25, 0.3) is 0 Å². The molecule has 0 unspecified atom stereocenters. The van der Waals surface area contributed by atoms with Gasteiger partial charge in [-0.05, 0) is 17.0 Å². The number of aromatic nitrogens is 2. The normalized spacial score (nSPS) is 10.8. The number of nitrogens with one attached hydrogen (secondary N) is 1. The van der Waals surface area contributed by atoms with Crippen LogP contribution in [0.3, 0.4) is 0 Å². The Hall–Kier alpha value is -2.70. The molecule has 1 aromatic heterocycles. The first-order valence-corrected chi connectivity index (χ1v) is 6.45. The monoisotopic (exact) mass is 289 g/mol. The maximum absolute atomic E-state index is 11.7. The van der Waals surface area contributed by atoms with Crippen LogP contribution in [0, 0.1) is 10.1 Å². The molecule has 7 nitrogen and oxygen atoms in total. The Labute approximate surface area is 120 Å². The second-order valence-corrected chi connectivity index (χ2v) is 5.05. The number of benzene rings is 1. The van der Waals surface area contributed by atoms with Crippen LogP contribution in [0.15, 0.2) is 40.1 Å². The van der Waals surface area contributed by atoms with Crippen LogP contribution < -0.4 is 11.2 Å². The van der Waals surface area contributed by atoms with Crippen molar-refractivity contribution in [3.05, 3.63) is 72.5 Å². The molecule has 1 aromatic carbocycles. The van der Waals surface area contributed by atoms with E-state index in [1.54, 1.807) is 0 Å². The molecule has 2 rings (SSSR count). The molecule has 7 heteroatoms. The standard InChI is InChI=1S/C14H15N3O4/c1-9(2)11-5-3-10(4-6-11)7-16-8-12(17(20)21)13(18)15-14(16)19/h3-6,8-9H,7H2,1-2H3,(H,15,18,19). The average Bonchev–Trinajstić information content (AvgIpc) is 2.42. The molecule has 0 saturated heterocycles. The van der Waals surface area contributed by atoms with Gasteiger partial charge in [-0.3, -0.25) is 24.5 Å². The molecule has 0 atom stereocenters. The molecule has 1 heterocycles. The minimum atomic E-state index is -0.989. The maximum atomic E-state index is 11.7. The summed E-state index contributed by atoms with van der Waals surface area (Å²) in [4.78, 5) is 34.8. The van der Waals surface area contributed by atoms with Crippen molar-refractivity contribution in [1.82, 2.24) is 9.55 Å². The summed E-state index contributed by atoms with van der Waals surface area (Å²) in [5.41, 5.74) is -0.315. The van der Waals surface area contributed by atoms with Crippen LogP contribution in [0.4, 0.5) is 5.69 Å². The van der Waals surface area contributed by atoms with Crippen molar-refractivity contribution >= 4 is 5.69 Å². The Morgan fingerprint density at radius 2 is 1.86 bits per heavy atom. The van der Waals surface area contributed by atoms with Crippen molar-refractivity contribution in [2.75, 3.05) is 0 Å². The van der Waals surface area contributed by atoms with Gasteiger partial charge in [0, 0.05) is 0 Å². The second-order valence-electron chi connectivity index (χ2n) is 5.05. The predicted molar refractivity (Wildman–Crippen MR) is 77.6 cm³/mol. The van der Waals surface area contributed by atoms with E-state index < -0.39 is 21.9 Å². The molecule has 0 aliphatic carbocycles. The number of hydrogen-bond acceptors (Lipinski definition) is 4. The van der Waals surface area contributed by atoms with E-state index in [2.05, 4.69) is 13.8 Å². The summed E-state index contributed by atoms with van der Waals surface area (Å²) in [5.74, 6) is 0.399. The van der Waals surface area contributed by atoms with Gasteiger partial charge in [0.25, 0.3) is 0 Å². The van der Waals surface area contributed by atoms with Gasteiger partial charge >= 0.3 is 16.9 Å². The second kappa shape index (κ2) is 5.74. The molecule has 0 radical (unpaired) electrons. The van der Waals surface area contributed by atoms with Crippen molar-refractivity contribution in [2.45, 2.75) is 26.3 Å². The summed E-state index contributed by atoms with van der Waals surface area (Å²) < 4.78 is 1.11. The lowest BCUT2D eigenvalue weighted by Gasteiger charge is -2.08. The molecule has 0 saturated carbocycles. The van der Waals surface area contributed by atoms with E-state index in [4.69, 9.17) is 0 Å². The first kappa shape index (κ1) is 14.7. The quantitative estimate of drug-likeness (QED) is 0.683. The van der Waals surface area contributed by atoms with Gasteiger partial charge in [0.15, 0.2) is 0 Å². The minimum absolute atomic E-state index is 0.162. The summed E-state index contributed by atoms with van der Waals surface area (Å²) in [5, 5.41) is 10.7. The zero-order chi connectivity index (χ0) is 15.6. The molecule has 0 bridgehead atoms.